The predicted octanol–water partition coefficient (Wildman–Crippen LogP) is 6.80. The number of piperidine rings is 1. The Balaban J connectivity index is 1.50. The highest BCUT2D eigenvalue weighted by molar-refractivity contribution is 9.07. The van der Waals surface area contributed by atoms with E-state index in [1.807, 2.05) is 24.3 Å². The molecule has 0 aromatic heterocycles. The molecule has 0 amide bonds. The van der Waals surface area contributed by atoms with Crippen molar-refractivity contribution in [2.24, 2.45) is 0 Å². The quantitative estimate of drug-likeness (QED) is 0.272. The van der Waals surface area contributed by atoms with Gasteiger partial charge in [-0.1, -0.05) is 50.1 Å². The van der Waals surface area contributed by atoms with Gasteiger partial charge in [0.2, 0.25) is 0 Å². The molecular weight excluding hydrogens is 426 g/mol. The smallest absolute Gasteiger partial charge is 0.119 e. The lowest BCUT2D eigenvalue weighted by atomic mass is 9.80. The second kappa shape index (κ2) is 11.6. The van der Waals surface area contributed by atoms with Gasteiger partial charge < -0.3 is 9.47 Å². The minimum atomic E-state index is 0.180. The third-order valence-electron chi connectivity index (χ3n) is 5.78. The van der Waals surface area contributed by atoms with Gasteiger partial charge in [0.15, 0.2) is 0 Å². The molecule has 0 radical (unpaired) electrons. The molecule has 1 fully saturated rings. The van der Waals surface area contributed by atoms with Crippen LogP contribution in [0.3, 0.4) is 0 Å². The Kier molecular flexibility index (Phi) is 8.88. The average molecular weight is 460 g/mol. The second-order valence-corrected chi connectivity index (χ2v) is 8.91. The van der Waals surface area contributed by atoms with Crippen LogP contribution in [0.4, 0.5) is 0 Å². The lowest BCUT2D eigenvalue weighted by molar-refractivity contribution is 0.129. The second-order valence-electron chi connectivity index (χ2n) is 8.06. The summed E-state index contributed by atoms with van der Waals surface area (Å²) in [4.78, 5) is 0. The van der Waals surface area contributed by atoms with Crippen LogP contribution in [-0.2, 0) is 6.42 Å². The minimum Gasteiger partial charge on any atom is -0.494 e. The first kappa shape index (κ1) is 22.2. The number of ether oxygens (including phenoxy) is 2. The first-order chi connectivity index (χ1) is 14.2. The van der Waals surface area contributed by atoms with Crippen LogP contribution < -0.4 is 9.47 Å². The summed E-state index contributed by atoms with van der Waals surface area (Å²) in [6.07, 6.45) is 9.31. The summed E-state index contributed by atoms with van der Waals surface area (Å²) in [5.74, 6) is 1.84. The van der Waals surface area contributed by atoms with Gasteiger partial charge in [0, 0.05) is 28.2 Å². The maximum atomic E-state index is 6.02. The van der Waals surface area contributed by atoms with Gasteiger partial charge in [-0.3, -0.25) is 0 Å². The highest BCUT2D eigenvalue weighted by Crippen LogP contribution is 2.37. The standard InChI is InChI=1S/C25H34BrNO2/c1-2-3-19-28-23-12-14-24(15-13-23)29-20-9-17-25(16-7-8-18-27(25)26)21-22-10-5-4-6-11-22/h4-6,10-15H,2-3,7-9,16-21H2,1H3. The van der Waals surface area contributed by atoms with Crippen LogP contribution in [0, 0.1) is 0 Å². The van der Waals surface area contributed by atoms with Crippen LogP contribution in [0.1, 0.15) is 57.4 Å². The van der Waals surface area contributed by atoms with Crippen LogP contribution in [0.25, 0.3) is 0 Å². The number of nitrogens with zero attached hydrogens (tertiary/aromatic N) is 1. The van der Waals surface area contributed by atoms with E-state index in [-0.39, 0.29) is 5.54 Å². The zero-order valence-corrected chi connectivity index (χ0v) is 19.2. The van der Waals surface area contributed by atoms with Crippen molar-refractivity contribution >= 4 is 16.1 Å². The summed E-state index contributed by atoms with van der Waals surface area (Å²) in [6, 6.07) is 18.9. The van der Waals surface area contributed by atoms with Gasteiger partial charge in [-0.25, -0.2) is 3.93 Å². The summed E-state index contributed by atoms with van der Waals surface area (Å²) in [5, 5.41) is 0. The molecule has 3 rings (SSSR count). The Morgan fingerprint density at radius 3 is 2.17 bits per heavy atom. The van der Waals surface area contributed by atoms with E-state index in [0.29, 0.717) is 0 Å². The summed E-state index contributed by atoms with van der Waals surface area (Å²) >= 11 is 3.88. The number of hydrogen-bond donors (Lipinski definition) is 0. The summed E-state index contributed by atoms with van der Waals surface area (Å²) in [5.41, 5.74) is 1.60. The molecular formula is C25H34BrNO2. The Morgan fingerprint density at radius 2 is 1.55 bits per heavy atom. The van der Waals surface area contributed by atoms with E-state index in [1.54, 1.807) is 0 Å². The predicted molar refractivity (Wildman–Crippen MR) is 124 cm³/mol. The molecule has 1 unspecified atom stereocenters. The van der Waals surface area contributed by atoms with Crippen LogP contribution in [0.15, 0.2) is 54.6 Å². The maximum Gasteiger partial charge on any atom is 0.119 e. The molecule has 0 bridgehead atoms. The molecule has 0 saturated carbocycles. The third-order valence-corrected chi connectivity index (χ3v) is 6.89. The molecule has 1 saturated heterocycles. The Bertz CT molecular complexity index is 707. The topological polar surface area (TPSA) is 21.7 Å². The molecule has 3 nitrogen and oxygen atoms in total. The lowest BCUT2D eigenvalue weighted by Crippen LogP contribution is -2.48. The molecule has 29 heavy (non-hydrogen) atoms. The number of hydrogen-bond acceptors (Lipinski definition) is 3. The van der Waals surface area contributed by atoms with Crippen molar-refractivity contribution in [3.8, 4) is 11.5 Å². The van der Waals surface area contributed by atoms with Gasteiger partial charge in [-0.05, 0) is 68.4 Å². The van der Waals surface area contributed by atoms with Crippen molar-refractivity contribution < 1.29 is 9.47 Å². The van der Waals surface area contributed by atoms with Gasteiger partial charge in [-0.15, -0.1) is 0 Å². The number of halogens is 1. The molecule has 4 heteroatoms. The van der Waals surface area contributed by atoms with E-state index >= 15 is 0 Å². The summed E-state index contributed by atoms with van der Waals surface area (Å²) < 4.78 is 14.2. The largest absolute Gasteiger partial charge is 0.494 e. The Hall–Kier alpha value is -1.52. The van der Waals surface area contributed by atoms with E-state index in [4.69, 9.17) is 9.47 Å². The van der Waals surface area contributed by atoms with Crippen molar-refractivity contribution in [2.45, 2.75) is 63.8 Å². The normalized spacial score (nSPS) is 19.8. The van der Waals surface area contributed by atoms with Crippen LogP contribution in [0.2, 0.25) is 0 Å². The number of benzene rings is 2. The first-order valence-corrected chi connectivity index (χ1v) is 11.8. The van der Waals surface area contributed by atoms with Crippen molar-refractivity contribution in [2.75, 3.05) is 19.8 Å². The van der Waals surface area contributed by atoms with Gasteiger partial charge in [-0.2, -0.15) is 0 Å². The fourth-order valence-electron chi connectivity index (χ4n) is 4.11. The SMILES string of the molecule is CCCCOc1ccc(OCCCC2(Cc3ccccc3)CCCCN2Br)cc1. The Morgan fingerprint density at radius 1 is 0.897 bits per heavy atom. The van der Waals surface area contributed by atoms with Crippen LogP contribution in [0.5, 0.6) is 11.5 Å². The number of unbranched alkanes of at least 4 members (excludes halogenated alkanes) is 1. The molecule has 0 aliphatic carbocycles. The summed E-state index contributed by atoms with van der Waals surface area (Å²) in [6.45, 7) is 4.82. The highest BCUT2D eigenvalue weighted by Gasteiger charge is 2.37. The molecule has 1 aliphatic heterocycles. The van der Waals surface area contributed by atoms with E-state index < -0.39 is 0 Å². The minimum absolute atomic E-state index is 0.180. The van der Waals surface area contributed by atoms with Gasteiger partial charge in [0.1, 0.15) is 11.5 Å². The van der Waals surface area contributed by atoms with Gasteiger partial charge >= 0.3 is 0 Å². The molecule has 0 spiro atoms. The molecule has 1 heterocycles. The van der Waals surface area contributed by atoms with Gasteiger partial charge in [0.05, 0.1) is 13.2 Å². The highest BCUT2D eigenvalue weighted by atomic mass is 79.9. The van der Waals surface area contributed by atoms with E-state index in [1.165, 1.54) is 24.8 Å². The van der Waals surface area contributed by atoms with E-state index in [2.05, 4.69) is 57.3 Å². The summed E-state index contributed by atoms with van der Waals surface area (Å²) in [7, 11) is 0. The van der Waals surface area contributed by atoms with E-state index in [9.17, 15) is 0 Å². The van der Waals surface area contributed by atoms with Crippen LogP contribution in [-0.4, -0.2) is 29.2 Å². The molecule has 0 N–H and O–H groups in total. The van der Waals surface area contributed by atoms with E-state index in [0.717, 1.165) is 63.4 Å². The lowest BCUT2D eigenvalue weighted by Gasteiger charge is -2.44. The van der Waals surface area contributed by atoms with Crippen molar-refractivity contribution in [3.63, 3.8) is 0 Å². The van der Waals surface area contributed by atoms with Gasteiger partial charge in [0.25, 0.3) is 0 Å². The maximum absolute atomic E-state index is 6.02. The zero-order chi connectivity index (χ0) is 20.4. The third kappa shape index (κ3) is 6.75. The molecule has 2 aromatic rings. The van der Waals surface area contributed by atoms with Crippen LogP contribution >= 0.6 is 16.1 Å². The first-order valence-electron chi connectivity index (χ1n) is 11.0. The van der Waals surface area contributed by atoms with Crippen molar-refractivity contribution in [3.05, 3.63) is 60.2 Å². The zero-order valence-electron chi connectivity index (χ0n) is 17.6. The molecule has 158 valence electrons. The van der Waals surface area contributed by atoms with Crippen molar-refractivity contribution in [1.29, 1.82) is 0 Å². The fourth-order valence-corrected chi connectivity index (χ4v) is 4.84. The molecule has 1 aliphatic rings. The average Bonchev–Trinajstić information content (AvgIpc) is 2.75. The van der Waals surface area contributed by atoms with Crippen molar-refractivity contribution in [1.82, 2.24) is 3.93 Å². The number of rotatable bonds is 11. The molecule has 2 aromatic carbocycles. The Labute approximate surface area is 184 Å². The monoisotopic (exact) mass is 459 g/mol. The fraction of sp³-hybridized carbons (Fsp3) is 0.520. The molecule has 1 atom stereocenters.